The SMILES string of the molecule is CCc1cnc(CNC(=O)NCC2CN3CCCC3CO2)s1. The Morgan fingerprint density at radius 3 is 3.27 bits per heavy atom. The van der Waals surface area contributed by atoms with Gasteiger partial charge in [-0.15, -0.1) is 11.3 Å². The minimum Gasteiger partial charge on any atom is -0.373 e. The fourth-order valence-electron chi connectivity index (χ4n) is 3.03. The molecule has 3 heterocycles. The molecule has 2 aliphatic rings. The first kappa shape index (κ1) is 15.7. The summed E-state index contributed by atoms with van der Waals surface area (Å²) in [6, 6.07) is 0.447. The number of amides is 2. The van der Waals surface area contributed by atoms with E-state index >= 15 is 0 Å². The second-order valence-corrected chi connectivity index (χ2v) is 7.08. The molecule has 2 amide bonds. The minimum atomic E-state index is -0.152. The van der Waals surface area contributed by atoms with Gasteiger partial charge in [-0.2, -0.15) is 0 Å². The third-order valence-electron chi connectivity index (χ3n) is 4.30. The lowest BCUT2D eigenvalue weighted by atomic mass is 10.2. The van der Waals surface area contributed by atoms with Gasteiger partial charge in [0.2, 0.25) is 0 Å². The lowest BCUT2D eigenvalue weighted by Crippen LogP contribution is -2.51. The highest BCUT2D eigenvalue weighted by molar-refractivity contribution is 7.11. The average Bonchev–Trinajstić information content (AvgIpc) is 3.19. The first-order valence-corrected chi connectivity index (χ1v) is 8.87. The number of thiazole rings is 1. The van der Waals surface area contributed by atoms with E-state index in [1.165, 1.54) is 24.3 Å². The van der Waals surface area contributed by atoms with Crippen LogP contribution in [0.4, 0.5) is 4.79 Å². The van der Waals surface area contributed by atoms with Gasteiger partial charge in [0, 0.05) is 30.2 Å². The zero-order chi connectivity index (χ0) is 15.4. The van der Waals surface area contributed by atoms with Crippen LogP contribution in [-0.4, -0.2) is 54.3 Å². The molecule has 0 spiro atoms. The summed E-state index contributed by atoms with van der Waals surface area (Å²) in [6.45, 7) is 6.04. The molecule has 0 radical (unpaired) electrons. The zero-order valence-corrected chi connectivity index (χ0v) is 13.8. The Morgan fingerprint density at radius 2 is 2.45 bits per heavy atom. The number of ether oxygens (including phenoxy) is 1. The molecule has 2 saturated heterocycles. The standard InChI is InChI=1S/C15H24N4O2S/c1-2-13-7-16-14(22-13)8-18-15(20)17-6-12-9-19-5-3-4-11(19)10-21-12/h7,11-12H,2-6,8-10H2,1H3,(H2,17,18,20). The number of carbonyl (C=O) groups is 1. The fourth-order valence-corrected chi connectivity index (χ4v) is 3.83. The van der Waals surface area contributed by atoms with E-state index in [1.54, 1.807) is 11.3 Å². The second kappa shape index (κ2) is 7.39. The summed E-state index contributed by atoms with van der Waals surface area (Å²) in [5.74, 6) is 0. The van der Waals surface area contributed by atoms with E-state index in [0.29, 0.717) is 19.1 Å². The molecular weight excluding hydrogens is 300 g/mol. The molecule has 2 N–H and O–H groups in total. The van der Waals surface area contributed by atoms with Crippen LogP contribution in [0.3, 0.4) is 0 Å². The van der Waals surface area contributed by atoms with Crippen molar-refractivity contribution in [3.05, 3.63) is 16.1 Å². The van der Waals surface area contributed by atoms with Gasteiger partial charge in [-0.3, -0.25) is 4.90 Å². The molecule has 2 unspecified atom stereocenters. The van der Waals surface area contributed by atoms with Crippen molar-refractivity contribution in [2.24, 2.45) is 0 Å². The van der Waals surface area contributed by atoms with Crippen molar-refractivity contribution in [2.75, 3.05) is 26.2 Å². The lowest BCUT2D eigenvalue weighted by molar-refractivity contribution is -0.0457. The number of carbonyl (C=O) groups excluding carboxylic acids is 1. The highest BCUT2D eigenvalue weighted by Crippen LogP contribution is 2.22. The lowest BCUT2D eigenvalue weighted by Gasteiger charge is -2.35. The predicted molar refractivity (Wildman–Crippen MR) is 86.1 cm³/mol. The monoisotopic (exact) mass is 324 g/mol. The molecule has 6 nitrogen and oxygen atoms in total. The van der Waals surface area contributed by atoms with Gasteiger partial charge in [0.05, 0.1) is 19.3 Å². The molecule has 1 aromatic rings. The van der Waals surface area contributed by atoms with Crippen LogP contribution in [0.2, 0.25) is 0 Å². The van der Waals surface area contributed by atoms with Crippen molar-refractivity contribution >= 4 is 17.4 Å². The van der Waals surface area contributed by atoms with E-state index < -0.39 is 0 Å². The Morgan fingerprint density at radius 1 is 1.55 bits per heavy atom. The summed E-state index contributed by atoms with van der Waals surface area (Å²) in [5.41, 5.74) is 0. The summed E-state index contributed by atoms with van der Waals surface area (Å²) >= 11 is 1.65. The number of morpholine rings is 1. The normalized spacial score (nSPS) is 25.0. The highest BCUT2D eigenvalue weighted by atomic mass is 32.1. The number of hydrogen-bond acceptors (Lipinski definition) is 5. The first-order valence-electron chi connectivity index (χ1n) is 8.05. The Balaban J connectivity index is 1.35. The largest absolute Gasteiger partial charge is 0.373 e. The van der Waals surface area contributed by atoms with Crippen LogP contribution < -0.4 is 10.6 Å². The molecule has 122 valence electrons. The molecule has 22 heavy (non-hydrogen) atoms. The van der Waals surface area contributed by atoms with E-state index in [4.69, 9.17) is 4.74 Å². The third-order valence-corrected chi connectivity index (χ3v) is 5.44. The molecule has 0 aliphatic carbocycles. The molecule has 0 saturated carbocycles. The van der Waals surface area contributed by atoms with Gasteiger partial charge in [-0.05, 0) is 25.8 Å². The molecule has 3 rings (SSSR count). The number of aryl methyl sites for hydroxylation is 1. The van der Waals surface area contributed by atoms with E-state index in [9.17, 15) is 4.79 Å². The van der Waals surface area contributed by atoms with Gasteiger partial charge < -0.3 is 15.4 Å². The number of hydrogen-bond donors (Lipinski definition) is 2. The van der Waals surface area contributed by atoms with Crippen LogP contribution in [0.15, 0.2) is 6.20 Å². The van der Waals surface area contributed by atoms with Crippen molar-refractivity contribution in [3.8, 4) is 0 Å². The Kier molecular flexibility index (Phi) is 5.28. The van der Waals surface area contributed by atoms with Crippen LogP contribution in [0.25, 0.3) is 0 Å². The molecule has 2 fully saturated rings. The molecule has 2 aliphatic heterocycles. The smallest absolute Gasteiger partial charge is 0.315 e. The maximum absolute atomic E-state index is 11.8. The highest BCUT2D eigenvalue weighted by Gasteiger charge is 2.32. The summed E-state index contributed by atoms with van der Waals surface area (Å²) in [6.07, 6.45) is 5.48. The number of rotatable bonds is 5. The van der Waals surface area contributed by atoms with Gasteiger partial charge >= 0.3 is 6.03 Å². The quantitative estimate of drug-likeness (QED) is 0.858. The second-order valence-electron chi connectivity index (χ2n) is 5.88. The van der Waals surface area contributed by atoms with Crippen LogP contribution in [0.5, 0.6) is 0 Å². The van der Waals surface area contributed by atoms with Crippen molar-refractivity contribution in [1.29, 1.82) is 0 Å². The van der Waals surface area contributed by atoms with Crippen molar-refractivity contribution < 1.29 is 9.53 Å². The Hall–Kier alpha value is -1.18. The van der Waals surface area contributed by atoms with E-state index in [0.717, 1.165) is 24.6 Å². The zero-order valence-electron chi connectivity index (χ0n) is 13.0. The van der Waals surface area contributed by atoms with E-state index in [-0.39, 0.29) is 12.1 Å². The maximum Gasteiger partial charge on any atom is 0.315 e. The first-order chi connectivity index (χ1) is 10.7. The topological polar surface area (TPSA) is 66.5 Å². The molecule has 0 bridgehead atoms. The molecule has 0 aromatic carbocycles. The Labute approximate surface area is 135 Å². The van der Waals surface area contributed by atoms with Gasteiger partial charge in [0.25, 0.3) is 0 Å². The van der Waals surface area contributed by atoms with Crippen molar-refractivity contribution in [1.82, 2.24) is 20.5 Å². The van der Waals surface area contributed by atoms with Crippen molar-refractivity contribution in [2.45, 2.75) is 44.9 Å². The van der Waals surface area contributed by atoms with E-state index in [2.05, 4.69) is 27.4 Å². The predicted octanol–water partition coefficient (Wildman–Crippen LogP) is 1.37. The number of fused-ring (bicyclic) bond motifs is 1. The molecule has 1 aromatic heterocycles. The van der Waals surface area contributed by atoms with Crippen LogP contribution in [0.1, 0.15) is 29.7 Å². The van der Waals surface area contributed by atoms with Crippen molar-refractivity contribution in [3.63, 3.8) is 0 Å². The summed E-state index contributed by atoms with van der Waals surface area (Å²) in [7, 11) is 0. The van der Waals surface area contributed by atoms with Gasteiger partial charge in [-0.1, -0.05) is 6.92 Å². The van der Waals surface area contributed by atoms with Gasteiger partial charge in [-0.25, -0.2) is 9.78 Å². The number of nitrogens with one attached hydrogen (secondary N) is 2. The minimum absolute atomic E-state index is 0.103. The van der Waals surface area contributed by atoms with Gasteiger partial charge in [0.15, 0.2) is 0 Å². The third kappa shape index (κ3) is 3.97. The van der Waals surface area contributed by atoms with Crippen LogP contribution in [-0.2, 0) is 17.7 Å². The average molecular weight is 324 g/mol. The summed E-state index contributed by atoms with van der Waals surface area (Å²) < 4.78 is 5.83. The number of aromatic nitrogens is 1. The molecule has 2 atom stereocenters. The molecule has 7 heteroatoms. The molecular formula is C15H24N4O2S. The summed E-state index contributed by atoms with van der Waals surface area (Å²) in [4.78, 5) is 19.9. The fraction of sp³-hybridized carbons (Fsp3) is 0.733. The number of urea groups is 1. The van der Waals surface area contributed by atoms with E-state index in [1.807, 2.05) is 6.20 Å². The van der Waals surface area contributed by atoms with Crippen LogP contribution in [0, 0.1) is 0 Å². The Bertz CT molecular complexity index is 507. The van der Waals surface area contributed by atoms with Crippen LogP contribution >= 0.6 is 11.3 Å². The number of nitrogens with zero attached hydrogens (tertiary/aromatic N) is 2. The maximum atomic E-state index is 11.8. The summed E-state index contributed by atoms with van der Waals surface area (Å²) in [5, 5.41) is 6.69. The van der Waals surface area contributed by atoms with Gasteiger partial charge in [0.1, 0.15) is 5.01 Å².